The summed E-state index contributed by atoms with van der Waals surface area (Å²) in [6.07, 6.45) is 0. The molecule has 0 aliphatic carbocycles. The fraction of sp³-hybridized carbons (Fsp3) is 0. The number of nitrogens with zero attached hydrogens (tertiary/aromatic N) is 3. The minimum atomic E-state index is -1.17. The Bertz CT molecular complexity index is 610. The highest BCUT2D eigenvalue weighted by Crippen LogP contribution is 2.21. The Hall–Kier alpha value is -2.83. The molecule has 2 aromatic rings. The quantitative estimate of drug-likeness (QED) is 0.652. The molecule has 0 saturated heterocycles. The number of hydrogen-bond donors (Lipinski definition) is 1. The third-order valence-electron chi connectivity index (χ3n) is 2.24. The molecule has 1 aromatic heterocycles. The van der Waals surface area contributed by atoms with E-state index in [-0.39, 0.29) is 11.4 Å². The second-order valence-corrected chi connectivity index (χ2v) is 3.42. The Morgan fingerprint density at radius 1 is 1.22 bits per heavy atom. The lowest BCUT2D eigenvalue weighted by molar-refractivity contribution is -0.384. The SMILES string of the molecule is O=C(O)c1ccc(-c2cccc([N+](=O)[O-])c2)nn1. The number of carbonyl (C=O) groups is 1. The number of hydrogen-bond acceptors (Lipinski definition) is 5. The molecule has 0 saturated carbocycles. The first kappa shape index (κ1) is 11.6. The average Bonchev–Trinajstić information content (AvgIpc) is 2.39. The van der Waals surface area contributed by atoms with Gasteiger partial charge in [-0.1, -0.05) is 12.1 Å². The van der Waals surface area contributed by atoms with E-state index >= 15 is 0 Å². The molecule has 90 valence electrons. The van der Waals surface area contributed by atoms with Crippen LogP contribution in [0.15, 0.2) is 36.4 Å². The van der Waals surface area contributed by atoms with E-state index in [0.717, 1.165) is 0 Å². The van der Waals surface area contributed by atoms with Crippen molar-refractivity contribution in [2.75, 3.05) is 0 Å². The second kappa shape index (κ2) is 4.58. The van der Waals surface area contributed by atoms with E-state index in [1.54, 1.807) is 6.07 Å². The van der Waals surface area contributed by atoms with Gasteiger partial charge in [0.05, 0.1) is 10.6 Å². The number of carboxylic acid groups (broad SMARTS) is 1. The zero-order valence-corrected chi connectivity index (χ0v) is 8.98. The van der Waals surface area contributed by atoms with E-state index in [0.29, 0.717) is 11.3 Å². The first-order chi connectivity index (χ1) is 8.58. The predicted molar refractivity (Wildman–Crippen MR) is 61.1 cm³/mol. The molecule has 1 N–H and O–H groups in total. The smallest absolute Gasteiger partial charge is 0.356 e. The van der Waals surface area contributed by atoms with E-state index < -0.39 is 10.9 Å². The molecule has 0 unspecified atom stereocenters. The van der Waals surface area contributed by atoms with Crippen LogP contribution >= 0.6 is 0 Å². The van der Waals surface area contributed by atoms with Crippen molar-refractivity contribution in [3.8, 4) is 11.3 Å². The third-order valence-corrected chi connectivity index (χ3v) is 2.24. The van der Waals surface area contributed by atoms with Crippen molar-refractivity contribution in [1.29, 1.82) is 0 Å². The van der Waals surface area contributed by atoms with Crippen molar-refractivity contribution >= 4 is 11.7 Å². The van der Waals surface area contributed by atoms with Gasteiger partial charge >= 0.3 is 5.97 Å². The molecular formula is C11H7N3O4. The minimum absolute atomic E-state index is 0.0587. The van der Waals surface area contributed by atoms with Gasteiger partial charge in [0.2, 0.25) is 0 Å². The molecule has 18 heavy (non-hydrogen) atoms. The lowest BCUT2D eigenvalue weighted by atomic mass is 10.1. The zero-order valence-electron chi connectivity index (χ0n) is 8.98. The summed E-state index contributed by atoms with van der Waals surface area (Å²) in [6.45, 7) is 0. The van der Waals surface area contributed by atoms with E-state index in [4.69, 9.17) is 5.11 Å². The largest absolute Gasteiger partial charge is 0.476 e. The normalized spacial score (nSPS) is 10.0. The summed E-state index contributed by atoms with van der Waals surface area (Å²) in [5.74, 6) is -1.17. The molecule has 2 rings (SSSR count). The molecule has 0 bridgehead atoms. The maximum atomic E-state index is 10.6. The number of benzene rings is 1. The highest BCUT2D eigenvalue weighted by Gasteiger charge is 2.10. The number of aromatic nitrogens is 2. The van der Waals surface area contributed by atoms with Crippen molar-refractivity contribution in [3.05, 3.63) is 52.2 Å². The molecule has 0 radical (unpaired) electrons. The van der Waals surface area contributed by atoms with Gasteiger partial charge in [0.15, 0.2) is 5.69 Å². The van der Waals surface area contributed by atoms with Crippen LogP contribution in [0.4, 0.5) is 5.69 Å². The van der Waals surface area contributed by atoms with Crippen LogP contribution in [0.5, 0.6) is 0 Å². The summed E-state index contributed by atoms with van der Waals surface area (Å²) < 4.78 is 0. The molecule has 1 aromatic carbocycles. The first-order valence-corrected chi connectivity index (χ1v) is 4.90. The maximum Gasteiger partial charge on any atom is 0.356 e. The first-order valence-electron chi connectivity index (χ1n) is 4.90. The van der Waals surface area contributed by atoms with E-state index in [1.165, 1.54) is 30.3 Å². The standard InChI is InChI=1S/C11H7N3O4/c15-11(16)10-5-4-9(12-13-10)7-2-1-3-8(6-7)14(17)18/h1-6H,(H,15,16). The highest BCUT2D eigenvalue weighted by molar-refractivity contribution is 5.85. The zero-order chi connectivity index (χ0) is 13.1. The van der Waals surface area contributed by atoms with Crippen molar-refractivity contribution in [2.24, 2.45) is 0 Å². The number of non-ortho nitro benzene ring substituents is 1. The van der Waals surface area contributed by atoms with E-state index in [9.17, 15) is 14.9 Å². The Morgan fingerprint density at radius 3 is 2.56 bits per heavy atom. The summed E-state index contributed by atoms with van der Waals surface area (Å²) in [5.41, 5.74) is 0.651. The molecule has 0 spiro atoms. The Labute approximate surface area is 101 Å². The van der Waals surface area contributed by atoms with Gasteiger partial charge in [0.1, 0.15) is 0 Å². The molecule has 7 heteroatoms. The predicted octanol–water partition coefficient (Wildman–Crippen LogP) is 1.75. The van der Waals surface area contributed by atoms with Crippen molar-refractivity contribution in [1.82, 2.24) is 10.2 Å². The van der Waals surface area contributed by atoms with Gasteiger partial charge in [-0.2, -0.15) is 0 Å². The van der Waals surface area contributed by atoms with Gasteiger partial charge in [0.25, 0.3) is 5.69 Å². The summed E-state index contributed by atoms with van der Waals surface area (Å²) in [7, 11) is 0. The molecule has 1 heterocycles. The lowest BCUT2D eigenvalue weighted by Gasteiger charge is -2.00. The van der Waals surface area contributed by atoms with Gasteiger partial charge in [-0.15, -0.1) is 10.2 Å². The van der Waals surface area contributed by atoms with Gasteiger partial charge in [-0.3, -0.25) is 10.1 Å². The van der Waals surface area contributed by atoms with Crippen LogP contribution < -0.4 is 0 Å². The topological polar surface area (TPSA) is 106 Å². The van der Waals surface area contributed by atoms with Crippen LogP contribution in [0.2, 0.25) is 0 Å². The average molecular weight is 245 g/mol. The van der Waals surface area contributed by atoms with Gasteiger partial charge in [0, 0.05) is 17.7 Å². The number of nitro groups is 1. The molecule has 0 fully saturated rings. The van der Waals surface area contributed by atoms with Gasteiger partial charge < -0.3 is 5.11 Å². The fourth-order valence-electron chi connectivity index (χ4n) is 1.38. The number of rotatable bonds is 3. The van der Waals surface area contributed by atoms with Crippen molar-refractivity contribution in [2.45, 2.75) is 0 Å². The van der Waals surface area contributed by atoms with Crippen LogP contribution in [0, 0.1) is 10.1 Å². The second-order valence-electron chi connectivity index (χ2n) is 3.42. The molecule has 0 aliphatic heterocycles. The Balaban J connectivity index is 2.39. The van der Waals surface area contributed by atoms with Gasteiger partial charge in [-0.05, 0) is 12.1 Å². The Kier molecular flexibility index (Phi) is 2.96. The van der Waals surface area contributed by atoms with Crippen molar-refractivity contribution < 1.29 is 14.8 Å². The molecule has 0 amide bonds. The third kappa shape index (κ3) is 2.29. The highest BCUT2D eigenvalue weighted by atomic mass is 16.6. The Morgan fingerprint density at radius 2 is 2.00 bits per heavy atom. The molecule has 0 atom stereocenters. The monoisotopic (exact) mass is 245 g/mol. The molecule has 7 nitrogen and oxygen atoms in total. The van der Waals surface area contributed by atoms with Crippen LogP contribution in [-0.2, 0) is 0 Å². The van der Waals surface area contributed by atoms with Crippen LogP contribution in [0.3, 0.4) is 0 Å². The minimum Gasteiger partial charge on any atom is -0.476 e. The van der Waals surface area contributed by atoms with Gasteiger partial charge in [-0.25, -0.2) is 4.79 Å². The summed E-state index contributed by atoms with van der Waals surface area (Å²) in [5, 5.41) is 26.5. The fourth-order valence-corrected chi connectivity index (χ4v) is 1.38. The number of carboxylic acids is 1. The molecular weight excluding hydrogens is 238 g/mol. The van der Waals surface area contributed by atoms with E-state index in [1.807, 2.05) is 0 Å². The summed E-state index contributed by atoms with van der Waals surface area (Å²) in [4.78, 5) is 20.7. The lowest BCUT2D eigenvalue weighted by Crippen LogP contribution is -2.02. The van der Waals surface area contributed by atoms with Crippen LogP contribution in [0.25, 0.3) is 11.3 Å². The number of aromatic carboxylic acids is 1. The summed E-state index contributed by atoms with van der Waals surface area (Å²) >= 11 is 0. The molecule has 0 aliphatic rings. The van der Waals surface area contributed by atoms with E-state index in [2.05, 4.69) is 10.2 Å². The summed E-state index contributed by atoms with van der Waals surface area (Å²) in [6, 6.07) is 8.63. The number of nitro benzene ring substituents is 1. The van der Waals surface area contributed by atoms with Crippen molar-refractivity contribution in [3.63, 3.8) is 0 Å². The maximum absolute atomic E-state index is 10.6. The van der Waals surface area contributed by atoms with Crippen LogP contribution in [0.1, 0.15) is 10.5 Å². The van der Waals surface area contributed by atoms with Crippen LogP contribution in [-0.4, -0.2) is 26.2 Å².